The van der Waals surface area contributed by atoms with Gasteiger partial charge in [0.2, 0.25) is 5.91 Å². The van der Waals surface area contributed by atoms with Gasteiger partial charge in [0.1, 0.15) is 0 Å². The molecular formula is C14H18N2O. The fourth-order valence-corrected chi connectivity index (χ4v) is 2.06. The van der Waals surface area contributed by atoms with Gasteiger partial charge in [-0.15, -0.1) is 0 Å². The highest BCUT2D eigenvalue weighted by Gasteiger charge is 2.04. The lowest BCUT2D eigenvalue weighted by atomic mass is 10.1. The van der Waals surface area contributed by atoms with Crippen LogP contribution in [0.3, 0.4) is 0 Å². The Morgan fingerprint density at radius 3 is 2.88 bits per heavy atom. The molecule has 90 valence electrons. The molecule has 0 saturated heterocycles. The molecule has 0 radical (unpaired) electrons. The fraction of sp³-hybridized carbons (Fsp3) is 0.357. The monoisotopic (exact) mass is 230 g/mol. The molecule has 0 aliphatic carbocycles. The third-order valence-electron chi connectivity index (χ3n) is 2.97. The van der Waals surface area contributed by atoms with E-state index >= 15 is 0 Å². The van der Waals surface area contributed by atoms with Crippen LogP contribution in [0, 0.1) is 0 Å². The van der Waals surface area contributed by atoms with E-state index < -0.39 is 0 Å². The van der Waals surface area contributed by atoms with Gasteiger partial charge in [-0.1, -0.05) is 25.5 Å². The quantitative estimate of drug-likeness (QED) is 0.842. The maximum Gasteiger partial charge on any atom is 0.221 e. The minimum atomic E-state index is -0.281. The second kappa shape index (κ2) is 5.04. The van der Waals surface area contributed by atoms with Crippen LogP contribution in [0.25, 0.3) is 10.9 Å². The van der Waals surface area contributed by atoms with Gasteiger partial charge in [0.05, 0.1) is 6.42 Å². The maximum absolute atomic E-state index is 10.9. The van der Waals surface area contributed by atoms with Crippen molar-refractivity contribution in [2.45, 2.75) is 32.7 Å². The standard InChI is InChI=1S/C14H18N2O/c1-2-3-7-16-8-6-12-5-4-11(9-13(12)16)10-14(15)17/h4-6,8-9H,2-3,7,10H2,1H3,(H2,15,17). The summed E-state index contributed by atoms with van der Waals surface area (Å²) in [5, 5.41) is 1.22. The summed E-state index contributed by atoms with van der Waals surface area (Å²) in [5.41, 5.74) is 7.40. The molecule has 3 heteroatoms. The van der Waals surface area contributed by atoms with Crippen molar-refractivity contribution >= 4 is 16.8 Å². The topological polar surface area (TPSA) is 48.0 Å². The van der Waals surface area contributed by atoms with Gasteiger partial charge in [-0.25, -0.2) is 0 Å². The van der Waals surface area contributed by atoms with Gasteiger partial charge in [-0.2, -0.15) is 0 Å². The van der Waals surface area contributed by atoms with E-state index in [0.29, 0.717) is 6.42 Å². The molecule has 2 aromatic rings. The molecule has 1 amide bonds. The Bertz CT molecular complexity index is 528. The minimum absolute atomic E-state index is 0.281. The van der Waals surface area contributed by atoms with Crippen LogP contribution in [0.1, 0.15) is 25.3 Å². The van der Waals surface area contributed by atoms with E-state index in [2.05, 4.69) is 35.9 Å². The van der Waals surface area contributed by atoms with Crippen molar-refractivity contribution < 1.29 is 4.79 Å². The molecule has 0 fully saturated rings. The average molecular weight is 230 g/mol. The Balaban J connectivity index is 2.32. The van der Waals surface area contributed by atoms with Crippen LogP contribution in [0.2, 0.25) is 0 Å². The molecule has 0 atom stereocenters. The van der Waals surface area contributed by atoms with Gasteiger partial charge in [0, 0.05) is 18.3 Å². The van der Waals surface area contributed by atoms with Crippen LogP contribution < -0.4 is 5.73 Å². The lowest BCUT2D eigenvalue weighted by Gasteiger charge is -2.05. The zero-order chi connectivity index (χ0) is 12.3. The summed E-state index contributed by atoms with van der Waals surface area (Å²) in [5.74, 6) is -0.281. The second-order valence-electron chi connectivity index (χ2n) is 4.40. The number of benzene rings is 1. The number of unbranched alkanes of at least 4 members (excludes halogenated alkanes) is 1. The van der Waals surface area contributed by atoms with Crippen molar-refractivity contribution in [3.63, 3.8) is 0 Å². The molecule has 0 bridgehead atoms. The first-order valence-electron chi connectivity index (χ1n) is 6.07. The molecule has 0 aliphatic heterocycles. The molecule has 0 unspecified atom stereocenters. The fourth-order valence-electron chi connectivity index (χ4n) is 2.06. The number of aromatic nitrogens is 1. The summed E-state index contributed by atoms with van der Waals surface area (Å²) in [6, 6.07) is 8.20. The van der Waals surface area contributed by atoms with Crippen LogP contribution in [0.15, 0.2) is 30.5 Å². The number of aryl methyl sites for hydroxylation is 1. The Hall–Kier alpha value is -1.77. The number of carbonyl (C=O) groups excluding carboxylic acids is 1. The highest BCUT2D eigenvalue weighted by Crippen LogP contribution is 2.18. The van der Waals surface area contributed by atoms with Crippen molar-refractivity contribution in [2.24, 2.45) is 5.73 Å². The average Bonchev–Trinajstić information content (AvgIpc) is 2.68. The first kappa shape index (κ1) is 11.7. The smallest absolute Gasteiger partial charge is 0.221 e. The highest BCUT2D eigenvalue weighted by atomic mass is 16.1. The molecule has 1 aromatic heterocycles. The van der Waals surface area contributed by atoms with E-state index in [1.807, 2.05) is 6.07 Å². The molecular weight excluding hydrogens is 212 g/mol. The van der Waals surface area contributed by atoms with Crippen molar-refractivity contribution in [1.29, 1.82) is 0 Å². The lowest BCUT2D eigenvalue weighted by molar-refractivity contribution is -0.117. The summed E-state index contributed by atoms with van der Waals surface area (Å²) in [4.78, 5) is 10.9. The largest absolute Gasteiger partial charge is 0.369 e. The van der Waals surface area contributed by atoms with Gasteiger partial charge < -0.3 is 10.3 Å². The van der Waals surface area contributed by atoms with Gasteiger partial charge >= 0.3 is 0 Å². The van der Waals surface area contributed by atoms with Crippen molar-refractivity contribution in [3.05, 3.63) is 36.0 Å². The summed E-state index contributed by atoms with van der Waals surface area (Å²) < 4.78 is 2.24. The van der Waals surface area contributed by atoms with Crippen LogP contribution in [-0.2, 0) is 17.8 Å². The van der Waals surface area contributed by atoms with Crippen LogP contribution in [0.5, 0.6) is 0 Å². The molecule has 0 spiro atoms. The normalized spacial score (nSPS) is 10.9. The van der Waals surface area contributed by atoms with E-state index in [0.717, 1.165) is 12.1 Å². The van der Waals surface area contributed by atoms with E-state index in [9.17, 15) is 4.79 Å². The second-order valence-corrected chi connectivity index (χ2v) is 4.40. The third-order valence-corrected chi connectivity index (χ3v) is 2.97. The number of amides is 1. The Kier molecular flexibility index (Phi) is 3.47. The number of fused-ring (bicyclic) bond motifs is 1. The summed E-state index contributed by atoms with van der Waals surface area (Å²) in [6.07, 6.45) is 4.77. The van der Waals surface area contributed by atoms with E-state index in [1.165, 1.54) is 23.7 Å². The van der Waals surface area contributed by atoms with Crippen molar-refractivity contribution in [3.8, 4) is 0 Å². The van der Waals surface area contributed by atoms with Gasteiger partial charge in [-0.05, 0) is 29.5 Å². The van der Waals surface area contributed by atoms with Crippen LogP contribution in [0.4, 0.5) is 0 Å². The Labute approximate surface area is 101 Å². The SMILES string of the molecule is CCCCn1ccc2ccc(CC(N)=O)cc21. The number of nitrogens with two attached hydrogens (primary N) is 1. The maximum atomic E-state index is 10.9. The van der Waals surface area contributed by atoms with Crippen molar-refractivity contribution in [2.75, 3.05) is 0 Å². The van der Waals surface area contributed by atoms with E-state index in [4.69, 9.17) is 5.73 Å². The molecule has 2 N–H and O–H groups in total. The molecule has 3 nitrogen and oxygen atoms in total. The summed E-state index contributed by atoms with van der Waals surface area (Å²) in [6.45, 7) is 3.21. The number of carbonyl (C=O) groups is 1. The van der Waals surface area contributed by atoms with Crippen LogP contribution in [-0.4, -0.2) is 10.5 Å². The zero-order valence-corrected chi connectivity index (χ0v) is 10.1. The Morgan fingerprint density at radius 1 is 1.35 bits per heavy atom. The molecule has 2 rings (SSSR count). The zero-order valence-electron chi connectivity index (χ0n) is 10.1. The van der Waals surface area contributed by atoms with Crippen LogP contribution >= 0.6 is 0 Å². The number of hydrogen-bond acceptors (Lipinski definition) is 1. The molecule has 17 heavy (non-hydrogen) atoms. The highest BCUT2D eigenvalue weighted by molar-refractivity contribution is 5.83. The van der Waals surface area contributed by atoms with Crippen molar-refractivity contribution in [1.82, 2.24) is 4.57 Å². The Morgan fingerprint density at radius 2 is 2.18 bits per heavy atom. The lowest BCUT2D eigenvalue weighted by Crippen LogP contribution is -2.13. The predicted molar refractivity (Wildman–Crippen MR) is 69.7 cm³/mol. The number of rotatable bonds is 5. The summed E-state index contributed by atoms with van der Waals surface area (Å²) >= 11 is 0. The van der Waals surface area contributed by atoms with E-state index in [-0.39, 0.29) is 5.91 Å². The number of hydrogen-bond donors (Lipinski definition) is 1. The van der Waals surface area contributed by atoms with Gasteiger partial charge in [0.25, 0.3) is 0 Å². The molecule has 0 saturated carbocycles. The first-order valence-corrected chi connectivity index (χ1v) is 6.07. The summed E-state index contributed by atoms with van der Waals surface area (Å²) in [7, 11) is 0. The third kappa shape index (κ3) is 2.67. The van der Waals surface area contributed by atoms with Gasteiger partial charge in [-0.3, -0.25) is 4.79 Å². The molecule has 1 aromatic carbocycles. The minimum Gasteiger partial charge on any atom is -0.369 e. The predicted octanol–water partition coefficient (Wildman–Crippen LogP) is 2.47. The number of primary amides is 1. The number of nitrogens with zero attached hydrogens (tertiary/aromatic N) is 1. The van der Waals surface area contributed by atoms with Gasteiger partial charge in [0.15, 0.2) is 0 Å². The molecule has 0 aliphatic rings. The van der Waals surface area contributed by atoms with E-state index in [1.54, 1.807) is 0 Å². The molecule has 1 heterocycles. The first-order chi connectivity index (χ1) is 8.20.